The van der Waals surface area contributed by atoms with Crippen LogP contribution in [0.2, 0.25) is 0 Å². The Labute approximate surface area is 240 Å². The molecule has 0 amide bonds. The van der Waals surface area contributed by atoms with Gasteiger partial charge in [-0.2, -0.15) is 0 Å². The van der Waals surface area contributed by atoms with Gasteiger partial charge in [0.1, 0.15) is 0 Å². The number of piperidine rings is 1. The molecule has 3 N–H and O–H groups in total. The second-order valence-corrected chi connectivity index (χ2v) is 12.7. The van der Waals surface area contributed by atoms with Gasteiger partial charge >= 0.3 is 11.9 Å². The number of hydrogen-bond acceptors (Lipinski definition) is 7. The highest BCUT2D eigenvalue weighted by atomic mass is 16.4. The largest absolute Gasteiger partial charge is 0.481 e. The maximum Gasteiger partial charge on any atom is 0.308 e. The summed E-state index contributed by atoms with van der Waals surface area (Å²) in [6.45, 7) is 1.19. The first kappa shape index (κ1) is 28.2. The van der Waals surface area contributed by atoms with Crippen LogP contribution in [0.5, 0.6) is 0 Å². The average Bonchev–Trinajstić information content (AvgIpc) is 3.47. The van der Waals surface area contributed by atoms with Crippen LogP contribution in [0.15, 0.2) is 29.1 Å². The van der Waals surface area contributed by atoms with E-state index in [2.05, 4.69) is 15.2 Å². The van der Waals surface area contributed by atoms with Crippen molar-refractivity contribution in [3.05, 3.63) is 34.6 Å². The zero-order valence-electron chi connectivity index (χ0n) is 23.8. The van der Waals surface area contributed by atoms with Gasteiger partial charge in [0.25, 0.3) is 5.56 Å². The van der Waals surface area contributed by atoms with Crippen molar-refractivity contribution in [2.75, 3.05) is 31.5 Å². The molecule has 0 radical (unpaired) electrons. The highest BCUT2D eigenvalue weighted by Crippen LogP contribution is 2.44. The third-order valence-electron chi connectivity index (χ3n) is 10.2. The topological polar surface area (TPSA) is 128 Å². The molecule has 6 rings (SSSR count). The maximum absolute atomic E-state index is 13.9. The van der Waals surface area contributed by atoms with E-state index in [0.717, 1.165) is 23.9 Å². The fraction of sp³-hybridized carbons (Fsp3) is 0.677. The van der Waals surface area contributed by atoms with Gasteiger partial charge < -0.3 is 20.1 Å². The molecule has 1 aliphatic carbocycles. The van der Waals surface area contributed by atoms with Crippen molar-refractivity contribution in [2.24, 2.45) is 11.8 Å². The van der Waals surface area contributed by atoms with Crippen LogP contribution in [0, 0.1) is 11.8 Å². The fourth-order valence-electron chi connectivity index (χ4n) is 8.26. The Morgan fingerprint density at radius 1 is 0.829 bits per heavy atom. The molecule has 1 saturated carbocycles. The molecule has 3 aliphatic heterocycles. The SMILES string of the molecule is O=C(O)[C@@H]1CN(CCNc2nc3ccccc3n(C3C[C@H]4CC[C@@H](C3)N4C3CCCCCCC3)c2=O)C[C@H]1C(=O)O. The van der Waals surface area contributed by atoms with Crippen LogP contribution in [0.1, 0.15) is 76.7 Å². The Bertz CT molecular complexity index is 1290. The summed E-state index contributed by atoms with van der Waals surface area (Å²) in [5, 5.41) is 22.1. The van der Waals surface area contributed by atoms with Crippen molar-refractivity contribution in [2.45, 2.75) is 94.8 Å². The minimum atomic E-state index is -1.08. The highest BCUT2D eigenvalue weighted by Gasteiger charge is 2.45. The van der Waals surface area contributed by atoms with E-state index in [1.165, 1.54) is 57.8 Å². The second-order valence-electron chi connectivity index (χ2n) is 12.7. The fourth-order valence-corrected chi connectivity index (χ4v) is 8.26. The van der Waals surface area contributed by atoms with Crippen LogP contribution >= 0.6 is 0 Å². The molecule has 4 aliphatic rings. The summed E-state index contributed by atoms with van der Waals surface area (Å²) in [7, 11) is 0. The van der Waals surface area contributed by atoms with Crippen molar-refractivity contribution < 1.29 is 19.8 Å². The number of hydrogen-bond donors (Lipinski definition) is 3. The molecule has 1 aromatic heterocycles. The molecule has 0 spiro atoms. The van der Waals surface area contributed by atoms with Crippen molar-refractivity contribution >= 4 is 28.8 Å². The molecule has 4 heterocycles. The van der Waals surface area contributed by atoms with Crippen LogP contribution in [0.25, 0.3) is 11.0 Å². The van der Waals surface area contributed by atoms with Gasteiger partial charge in [-0.05, 0) is 50.7 Å². The van der Waals surface area contributed by atoms with E-state index in [9.17, 15) is 24.6 Å². The minimum Gasteiger partial charge on any atom is -0.481 e. The number of para-hydroxylation sites is 2. The van der Waals surface area contributed by atoms with Crippen molar-refractivity contribution in [1.29, 1.82) is 0 Å². The lowest BCUT2D eigenvalue weighted by Crippen LogP contribution is -2.50. The Balaban J connectivity index is 1.18. The van der Waals surface area contributed by atoms with Gasteiger partial charge in [-0.15, -0.1) is 0 Å². The number of likely N-dealkylation sites (tertiary alicyclic amines) is 1. The number of benzene rings is 1. The molecule has 2 aromatic rings. The summed E-state index contributed by atoms with van der Waals surface area (Å²) in [6.07, 6.45) is 13.8. The van der Waals surface area contributed by atoms with Gasteiger partial charge in [0.2, 0.25) is 0 Å². The van der Waals surface area contributed by atoms with Gasteiger partial charge in [-0.1, -0.05) is 44.2 Å². The lowest BCUT2D eigenvalue weighted by atomic mass is 9.89. The van der Waals surface area contributed by atoms with Gasteiger partial charge in [-0.3, -0.25) is 24.2 Å². The number of carboxylic acid groups (broad SMARTS) is 2. The smallest absolute Gasteiger partial charge is 0.308 e. The Morgan fingerprint density at radius 3 is 2.07 bits per heavy atom. The van der Waals surface area contributed by atoms with Gasteiger partial charge in [0, 0.05) is 50.3 Å². The molecular formula is C31H43N5O5. The number of anilines is 1. The first-order valence-corrected chi connectivity index (χ1v) is 15.6. The van der Waals surface area contributed by atoms with E-state index >= 15 is 0 Å². The third-order valence-corrected chi connectivity index (χ3v) is 10.2. The van der Waals surface area contributed by atoms with E-state index in [-0.39, 0.29) is 24.7 Å². The molecule has 4 fully saturated rings. The van der Waals surface area contributed by atoms with Gasteiger partial charge in [0.05, 0.1) is 22.9 Å². The lowest BCUT2D eigenvalue weighted by Gasteiger charge is -2.45. The number of aliphatic carboxylic acids is 2. The number of nitrogens with zero attached hydrogens (tertiary/aromatic N) is 4. The van der Waals surface area contributed by atoms with Crippen molar-refractivity contribution in [3.8, 4) is 0 Å². The van der Waals surface area contributed by atoms with Crippen molar-refractivity contribution in [1.82, 2.24) is 19.4 Å². The van der Waals surface area contributed by atoms with E-state index in [1.54, 1.807) is 0 Å². The van der Waals surface area contributed by atoms with E-state index in [0.29, 0.717) is 37.0 Å². The molecule has 10 nitrogen and oxygen atoms in total. The molecule has 222 valence electrons. The van der Waals surface area contributed by atoms with Crippen LogP contribution in [-0.4, -0.2) is 85.8 Å². The number of rotatable bonds is 8. The summed E-state index contributed by atoms with van der Waals surface area (Å²) >= 11 is 0. The molecule has 5 atom stereocenters. The van der Waals surface area contributed by atoms with Crippen LogP contribution in [0.3, 0.4) is 0 Å². The van der Waals surface area contributed by atoms with E-state index < -0.39 is 23.8 Å². The minimum absolute atomic E-state index is 0.110. The molecule has 2 bridgehead atoms. The average molecular weight is 566 g/mol. The molecule has 3 saturated heterocycles. The zero-order chi connectivity index (χ0) is 28.5. The monoisotopic (exact) mass is 565 g/mol. The number of aromatic nitrogens is 2. The standard InChI is InChI=1S/C31H43N5O5/c37-29-28(32-14-15-34-18-24(30(38)39)25(19-34)31(40)41)33-26-10-6-7-11-27(26)36(29)23-16-21-12-13-22(17-23)35(21)20-8-4-2-1-3-5-9-20/h6-7,10-11,20-25H,1-5,8-9,12-19H2,(H,32,33)(H,38,39)(H,40,41)/t21-,22+,23?,24-,25-/m1/s1. The quantitative estimate of drug-likeness (QED) is 0.438. The summed E-state index contributed by atoms with van der Waals surface area (Å²) in [5.74, 6) is -3.70. The third kappa shape index (κ3) is 5.73. The lowest BCUT2D eigenvalue weighted by molar-refractivity contribution is -0.151. The van der Waals surface area contributed by atoms with Gasteiger partial charge in [0.15, 0.2) is 5.82 Å². The predicted molar refractivity (Wildman–Crippen MR) is 156 cm³/mol. The Morgan fingerprint density at radius 2 is 1.44 bits per heavy atom. The number of fused-ring (bicyclic) bond motifs is 3. The predicted octanol–water partition coefficient (Wildman–Crippen LogP) is 3.81. The van der Waals surface area contributed by atoms with Crippen molar-refractivity contribution in [3.63, 3.8) is 0 Å². The first-order valence-electron chi connectivity index (χ1n) is 15.6. The summed E-state index contributed by atoms with van der Waals surface area (Å²) in [5.41, 5.74) is 1.54. The van der Waals surface area contributed by atoms with Crippen LogP contribution in [0.4, 0.5) is 5.82 Å². The number of nitrogens with one attached hydrogen (secondary N) is 1. The summed E-state index contributed by atoms with van der Waals surface area (Å²) in [6, 6.07) is 9.72. The number of carbonyl (C=O) groups is 2. The van der Waals surface area contributed by atoms with Crippen LogP contribution < -0.4 is 10.9 Å². The molecule has 41 heavy (non-hydrogen) atoms. The number of carboxylic acids is 2. The summed E-state index contributed by atoms with van der Waals surface area (Å²) < 4.78 is 1.99. The highest BCUT2D eigenvalue weighted by molar-refractivity contribution is 5.81. The normalized spacial score (nSPS) is 29.8. The van der Waals surface area contributed by atoms with Gasteiger partial charge in [-0.25, -0.2) is 4.98 Å². The summed E-state index contributed by atoms with van der Waals surface area (Å²) in [4.78, 5) is 46.4. The first-order chi connectivity index (χ1) is 19.9. The van der Waals surface area contributed by atoms with E-state index in [4.69, 9.17) is 0 Å². The molecule has 1 unspecified atom stereocenters. The molecular weight excluding hydrogens is 522 g/mol. The molecule has 10 heteroatoms. The Kier molecular flexibility index (Phi) is 8.30. The zero-order valence-corrected chi connectivity index (χ0v) is 23.8. The Hall–Kier alpha value is -2.98. The molecule has 1 aromatic carbocycles. The van der Waals surface area contributed by atoms with E-state index in [1.807, 2.05) is 33.7 Å². The second kappa shape index (κ2) is 12.1. The maximum atomic E-state index is 13.9. The van der Waals surface area contributed by atoms with Crippen LogP contribution in [-0.2, 0) is 9.59 Å².